The third kappa shape index (κ3) is 7.24. The summed E-state index contributed by atoms with van der Waals surface area (Å²) in [5, 5.41) is 2.93. The number of carbonyl (C=O) groups excluding carboxylic acids is 2. The average Bonchev–Trinajstić information content (AvgIpc) is 2.87. The summed E-state index contributed by atoms with van der Waals surface area (Å²) >= 11 is 12.1. The van der Waals surface area contributed by atoms with Crippen molar-refractivity contribution in [2.45, 2.75) is 44.3 Å². The standard InChI is InChI=1S/C27H28Cl2FN3O4S/c1-18(2)31-27(35)19(3)32(16-20-8-7-9-21(28)14-20)26(34)17-33(22-12-13-25(30)24(29)15-22)38(36,37)23-10-5-4-6-11-23/h4-15,18-19H,16-17H2,1-3H3,(H,31,35). The lowest BCUT2D eigenvalue weighted by atomic mass is 10.1. The summed E-state index contributed by atoms with van der Waals surface area (Å²) in [6.45, 7) is 4.47. The van der Waals surface area contributed by atoms with Crippen LogP contribution in [-0.2, 0) is 26.2 Å². The third-order valence-electron chi connectivity index (χ3n) is 5.64. The summed E-state index contributed by atoms with van der Waals surface area (Å²) in [5.74, 6) is -1.80. The van der Waals surface area contributed by atoms with Gasteiger partial charge in [-0.15, -0.1) is 0 Å². The maximum atomic E-state index is 13.9. The Kier molecular flexibility index (Phi) is 9.76. The molecule has 0 saturated carbocycles. The number of sulfonamides is 1. The van der Waals surface area contributed by atoms with Crippen molar-refractivity contribution in [2.24, 2.45) is 0 Å². The van der Waals surface area contributed by atoms with Crippen LogP contribution in [0.25, 0.3) is 0 Å². The molecule has 0 radical (unpaired) electrons. The molecule has 0 fully saturated rings. The zero-order valence-electron chi connectivity index (χ0n) is 21.1. The summed E-state index contributed by atoms with van der Waals surface area (Å²) in [7, 11) is -4.27. The van der Waals surface area contributed by atoms with Crippen LogP contribution in [-0.4, -0.2) is 43.8 Å². The van der Waals surface area contributed by atoms with E-state index in [9.17, 15) is 22.4 Å². The van der Waals surface area contributed by atoms with E-state index in [4.69, 9.17) is 23.2 Å². The minimum atomic E-state index is -4.27. The van der Waals surface area contributed by atoms with Crippen LogP contribution in [0.15, 0.2) is 77.7 Å². The van der Waals surface area contributed by atoms with Crippen LogP contribution in [0.4, 0.5) is 10.1 Å². The molecule has 0 aliphatic carbocycles. The van der Waals surface area contributed by atoms with Gasteiger partial charge in [0.05, 0.1) is 15.6 Å². The smallest absolute Gasteiger partial charge is 0.264 e. The summed E-state index contributed by atoms with van der Waals surface area (Å²) < 4.78 is 42.1. The Bertz CT molecular complexity index is 1400. The lowest BCUT2D eigenvalue weighted by Gasteiger charge is -2.32. The number of benzene rings is 3. The van der Waals surface area contributed by atoms with Crippen LogP contribution in [0.3, 0.4) is 0 Å². The van der Waals surface area contributed by atoms with Crippen LogP contribution in [0.2, 0.25) is 10.0 Å². The fourth-order valence-electron chi connectivity index (χ4n) is 3.71. The topological polar surface area (TPSA) is 86.8 Å². The Morgan fingerprint density at radius 1 is 0.947 bits per heavy atom. The van der Waals surface area contributed by atoms with Gasteiger partial charge in [-0.1, -0.05) is 53.5 Å². The summed E-state index contributed by atoms with van der Waals surface area (Å²) in [5.41, 5.74) is 0.646. The third-order valence-corrected chi connectivity index (χ3v) is 7.95. The van der Waals surface area contributed by atoms with Gasteiger partial charge in [-0.05, 0) is 68.8 Å². The summed E-state index contributed by atoms with van der Waals surface area (Å²) in [6.07, 6.45) is 0. The second-order valence-corrected chi connectivity index (χ2v) is 11.6. The molecule has 3 aromatic carbocycles. The zero-order valence-corrected chi connectivity index (χ0v) is 23.4. The minimum Gasteiger partial charge on any atom is -0.352 e. The molecule has 202 valence electrons. The number of anilines is 1. The normalized spacial score (nSPS) is 12.2. The molecule has 1 unspecified atom stereocenters. The fraction of sp³-hybridized carbons (Fsp3) is 0.259. The summed E-state index contributed by atoms with van der Waals surface area (Å²) in [6, 6.07) is 16.6. The Balaban J connectivity index is 2.05. The zero-order chi connectivity index (χ0) is 28.0. The van der Waals surface area contributed by atoms with Crippen LogP contribution >= 0.6 is 23.2 Å². The molecule has 0 aromatic heterocycles. The molecular weight excluding hydrogens is 552 g/mol. The second kappa shape index (κ2) is 12.6. The van der Waals surface area contributed by atoms with Gasteiger partial charge in [-0.3, -0.25) is 13.9 Å². The maximum Gasteiger partial charge on any atom is 0.264 e. The molecule has 0 spiro atoms. The Hall–Kier alpha value is -3.14. The molecule has 0 aliphatic heterocycles. The number of hydrogen-bond acceptors (Lipinski definition) is 4. The van der Waals surface area contributed by atoms with E-state index in [2.05, 4.69) is 5.32 Å². The van der Waals surface area contributed by atoms with Gasteiger partial charge < -0.3 is 10.2 Å². The van der Waals surface area contributed by atoms with Gasteiger partial charge in [0.2, 0.25) is 11.8 Å². The first-order chi connectivity index (χ1) is 17.9. The monoisotopic (exact) mass is 579 g/mol. The van der Waals surface area contributed by atoms with Crippen molar-refractivity contribution in [1.82, 2.24) is 10.2 Å². The molecule has 0 bridgehead atoms. The van der Waals surface area contributed by atoms with Gasteiger partial charge in [0.25, 0.3) is 10.0 Å². The number of carbonyl (C=O) groups is 2. The largest absolute Gasteiger partial charge is 0.352 e. The van der Waals surface area contributed by atoms with Gasteiger partial charge in [0.1, 0.15) is 18.4 Å². The van der Waals surface area contributed by atoms with Crippen molar-refractivity contribution in [3.8, 4) is 0 Å². The highest BCUT2D eigenvalue weighted by atomic mass is 35.5. The van der Waals surface area contributed by atoms with E-state index in [0.29, 0.717) is 10.6 Å². The molecule has 3 rings (SSSR count). The van der Waals surface area contributed by atoms with Gasteiger partial charge in [-0.2, -0.15) is 0 Å². The van der Waals surface area contributed by atoms with E-state index < -0.39 is 40.2 Å². The first kappa shape index (κ1) is 29.4. The van der Waals surface area contributed by atoms with E-state index in [0.717, 1.165) is 16.4 Å². The molecule has 38 heavy (non-hydrogen) atoms. The molecule has 11 heteroatoms. The molecule has 3 aromatic rings. The number of rotatable bonds is 10. The molecule has 0 saturated heterocycles. The molecule has 1 atom stereocenters. The van der Waals surface area contributed by atoms with Crippen molar-refractivity contribution in [3.05, 3.63) is 94.2 Å². The van der Waals surface area contributed by atoms with Gasteiger partial charge in [-0.25, -0.2) is 12.8 Å². The first-order valence-electron chi connectivity index (χ1n) is 11.8. The first-order valence-corrected chi connectivity index (χ1v) is 14.0. The van der Waals surface area contributed by atoms with E-state index in [-0.39, 0.29) is 28.2 Å². The van der Waals surface area contributed by atoms with Crippen molar-refractivity contribution in [3.63, 3.8) is 0 Å². The van der Waals surface area contributed by atoms with Crippen LogP contribution in [0.1, 0.15) is 26.3 Å². The van der Waals surface area contributed by atoms with Crippen molar-refractivity contribution < 1.29 is 22.4 Å². The van der Waals surface area contributed by atoms with Crippen LogP contribution < -0.4 is 9.62 Å². The Morgan fingerprint density at radius 3 is 2.24 bits per heavy atom. The van der Waals surface area contributed by atoms with Gasteiger partial charge in [0.15, 0.2) is 0 Å². The number of halogens is 3. The van der Waals surface area contributed by atoms with Crippen molar-refractivity contribution in [2.75, 3.05) is 10.8 Å². The highest BCUT2D eigenvalue weighted by Crippen LogP contribution is 2.28. The molecule has 1 N–H and O–H groups in total. The van der Waals surface area contributed by atoms with Gasteiger partial charge >= 0.3 is 0 Å². The van der Waals surface area contributed by atoms with Gasteiger partial charge in [0, 0.05) is 17.6 Å². The van der Waals surface area contributed by atoms with E-state index >= 15 is 0 Å². The lowest BCUT2D eigenvalue weighted by molar-refractivity contribution is -0.139. The predicted octanol–water partition coefficient (Wildman–Crippen LogP) is 5.27. The number of nitrogens with one attached hydrogen (secondary N) is 1. The fourth-order valence-corrected chi connectivity index (χ4v) is 5.52. The molecule has 2 amide bonds. The van der Waals surface area contributed by atoms with Crippen LogP contribution in [0.5, 0.6) is 0 Å². The molecular formula is C27H28Cl2FN3O4S. The van der Waals surface area contributed by atoms with Crippen molar-refractivity contribution >= 4 is 50.7 Å². The Morgan fingerprint density at radius 2 is 1.63 bits per heavy atom. The number of hydrogen-bond donors (Lipinski definition) is 1. The minimum absolute atomic E-state index is 0.00408. The van der Waals surface area contributed by atoms with E-state index in [1.165, 1.54) is 23.1 Å². The molecule has 7 nitrogen and oxygen atoms in total. The highest BCUT2D eigenvalue weighted by Gasteiger charge is 2.33. The Labute approximate surface area is 232 Å². The maximum absolute atomic E-state index is 13.9. The second-order valence-electron chi connectivity index (χ2n) is 8.91. The number of amides is 2. The summed E-state index contributed by atoms with van der Waals surface area (Å²) in [4.78, 5) is 27.9. The average molecular weight is 581 g/mol. The predicted molar refractivity (Wildman–Crippen MR) is 147 cm³/mol. The van der Waals surface area contributed by atoms with Crippen molar-refractivity contribution in [1.29, 1.82) is 0 Å². The molecule has 0 heterocycles. The molecule has 0 aliphatic rings. The van der Waals surface area contributed by atoms with Crippen LogP contribution in [0, 0.1) is 5.82 Å². The SMILES string of the molecule is CC(C)NC(=O)C(C)N(Cc1cccc(Cl)c1)C(=O)CN(c1ccc(F)c(Cl)c1)S(=O)(=O)c1ccccc1. The van der Waals surface area contributed by atoms with E-state index in [1.54, 1.807) is 63.2 Å². The quantitative estimate of drug-likeness (QED) is 0.354. The number of nitrogens with zero attached hydrogens (tertiary/aromatic N) is 2. The van der Waals surface area contributed by atoms with E-state index in [1.807, 2.05) is 0 Å². The highest BCUT2D eigenvalue weighted by molar-refractivity contribution is 7.92. The lowest BCUT2D eigenvalue weighted by Crippen LogP contribution is -2.52.